The van der Waals surface area contributed by atoms with Gasteiger partial charge in [0.05, 0.1) is 6.04 Å². The largest absolute Gasteiger partial charge is 0.329 e. The van der Waals surface area contributed by atoms with Gasteiger partial charge in [0, 0.05) is 6.54 Å². The van der Waals surface area contributed by atoms with E-state index >= 15 is 0 Å². The van der Waals surface area contributed by atoms with E-state index < -0.39 is 0 Å². The van der Waals surface area contributed by atoms with Crippen LogP contribution in [0.4, 0.5) is 0 Å². The monoisotopic (exact) mass is 180 g/mol. The van der Waals surface area contributed by atoms with Crippen LogP contribution in [0.25, 0.3) is 0 Å². The molecule has 3 nitrogen and oxygen atoms in total. The Hall–Kier alpha value is -1.09. The molecule has 1 amide bonds. The van der Waals surface area contributed by atoms with Crippen molar-refractivity contribution in [3.8, 4) is 0 Å². The third-order valence-electron chi connectivity index (χ3n) is 2.13. The minimum Gasteiger partial charge on any atom is -0.329 e. The number of carbonyl (C=O) groups excluding carboxylic acids is 1. The fourth-order valence-electron chi connectivity index (χ4n) is 1.48. The van der Waals surface area contributed by atoms with Crippen LogP contribution in [0.15, 0.2) is 24.3 Å². The maximum atomic E-state index is 11.3. The normalized spacial score (nSPS) is 26.7. The minimum absolute atomic E-state index is 0.0161. The Morgan fingerprint density at radius 3 is 2.77 bits per heavy atom. The minimum atomic E-state index is -0.352. The molecule has 2 atom stereocenters. The SMILES string of the molecule is C=CCN1C(=O)C(N)C1C=C(C)C. The van der Waals surface area contributed by atoms with Crippen LogP contribution in [0, 0.1) is 0 Å². The molecule has 0 aromatic heterocycles. The van der Waals surface area contributed by atoms with Crippen molar-refractivity contribution in [1.82, 2.24) is 4.90 Å². The zero-order valence-corrected chi connectivity index (χ0v) is 8.16. The van der Waals surface area contributed by atoms with Crippen molar-refractivity contribution in [2.45, 2.75) is 25.9 Å². The number of carbonyl (C=O) groups is 1. The van der Waals surface area contributed by atoms with Crippen molar-refractivity contribution >= 4 is 5.91 Å². The van der Waals surface area contributed by atoms with Gasteiger partial charge in [-0.3, -0.25) is 4.79 Å². The summed E-state index contributed by atoms with van der Waals surface area (Å²) in [5, 5.41) is 0. The van der Waals surface area contributed by atoms with E-state index in [9.17, 15) is 4.79 Å². The molecule has 3 heteroatoms. The summed E-state index contributed by atoms with van der Waals surface area (Å²) in [5.41, 5.74) is 6.85. The lowest BCUT2D eigenvalue weighted by atomic mass is 9.94. The van der Waals surface area contributed by atoms with Crippen molar-refractivity contribution < 1.29 is 4.79 Å². The maximum Gasteiger partial charge on any atom is 0.242 e. The summed E-state index contributed by atoms with van der Waals surface area (Å²) in [7, 11) is 0. The first-order valence-corrected chi connectivity index (χ1v) is 4.40. The van der Waals surface area contributed by atoms with Crippen LogP contribution in [0.3, 0.4) is 0 Å². The van der Waals surface area contributed by atoms with E-state index in [1.165, 1.54) is 5.57 Å². The van der Waals surface area contributed by atoms with Gasteiger partial charge >= 0.3 is 0 Å². The molecule has 72 valence electrons. The lowest BCUT2D eigenvalue weighted by Crippen LogP contribution is -2.67. The van der Waals surface area contributed by atoms with Gasteiger partial charge in [-0.1, -0.05) is 17.7 Å². The molecule has 13 heavy (non-hydrogen) atoms. The third kappa shape index (κ3) is 1.80. The fourth-order valence-corrected chi connectivity index (χ4v) is 1.48. The van der Waals surface area contributed by atoms with Crippen molar-refractivity contribution in [2.75, 3.05) is 6.54 Å². The highest BCUT2D eigenvalue weighted by Crippen LogP contribution is 2.20. The van der Waals surface area contributed by atoms with E-state index in [0.29, 0.717) is 6.54 Å². The highest BCUT2D eigenvalue weighted by Gasteiger charge is 2.42. The van der Waals surface area contributed by atoms with Gasteiger partial charge in [0.1, 0.15) is 6.04 Å². The average Bonchev–Trinajstić information content (AvgIpc) is 2.10. The molecule has 1 heterocycles. The number of hydrogen-bond donors (Lipinski definition) is 1. The van der Waals surface area contributed by atoms with Gasteiger partial charge in [0.15, 0.2) is 0 Å². The summed E-state index contributed by atoms with van der Waals surface area (Å²) >= 11 is 0. The Bertz CT molecular complexity index is 254. The molecule has 0 saturated carbocycles. The van der Waals surface area contributed by atoms with Crippen molar-refractivity contribution in [3.63, 3.8) is 0 Å². The van der Waals surface area contributed by atoms with Gasteiger partial charge in [0.25, 0.3) is 0 Å². The quantitative estimate of drug-likeness (QED) is 0.512. The molecule has 1 aliphatic rings. The molecule has 1 saturated heterocycles. The molecule has 0 aromatic carbocycles. The van der Waals surface area contributed by atoms with Crippen molar-refractivity contribution in [2.24, 2.45) is 5.73 Å². The number of β-lactam (4-membered cyclic amide) rings is 1. The van der Waals surface area contributed by atoms with Gasteiger partial charge in [-0.2, -0.15) is 0 Å². The van der Waals surface area contributed by atoms with Crippen LogP contribution in [0.2, 0.25) is 0 Å². The molecule has 2 N–H and O–H groups in total. The van der Waals surface area contributed by atoms with E-state index in [0.717, 1.165) is 0 Å². The van der Waals surface area contributed by atoms with Crippen LogP contribution in [0.1, 0.15) is 13.8 Å². The van der Waals surface area contributed by atoms with Crippen LogP contribution < -0.4 is 5.73 Å². The summed E-state index contributed by atoms with van der Waals surface area (Å²) in [4.78, 5) is 13.0. The summed E-state index contributed by atoms with van der Waals surface area (Å²) in [6, 6.07) is -0.287. The third-order valence-corrected chi connectivity index (χ3v) is 2.13. The molecule has 0 radical (unpaired) electrons. The second-order valence-electron chi connectivity index (χ2n) is 3.54. The lowest BCUT2D eigenvalue weighted by Gasteiger charge is -2.43. The zero-order chi connectivity index (χ0) is 10.0. The topological polar surface area (TPSA) is 46.3 Å². The van der Waals surface area contributed by atoms with Gasteiger partial charge in [-0.25, -0.2) is 0 Å². The summed E-state index contributed by atoms with van der Waals surface area (Å²) in [6.45, 7) is 8.19. The van der Waals surface area contributed by atoms with E-state index in [4.69, 9.17) is 5.73 Å². The number of nitrogens with zero attached hydrogens (tertiary/aromatic N) is 1. The molecule has 0 bridgehead atoms. The van der Waals surface area contributed by atoms with Gasteiger partial charge in [-0.05, 0) is 13.8 Å². The summed E-state index contributed by atoms with van der Waals surface area (Å²) in [6.07, 6.45) is 3.74. The molecular formula is C10H16N2O. The number of likely N-dealkylation sites (tertiary alicyclic amines) is 1. The Morgan fingerprint density at radius 1 is 1.69 bits per heavy atom. The van der Waals surface area contributed by atoms with Gasteiger partial charge in [-0.15, -0.1) is 6.58 Å². The van der Waals surface area contributed by atoms with E-state index in [2.05, 4.69) is 6.58 Å². The summed E-state index contributed by atoms with van der Waals surface area (Å²) in [5.74, 6) is 0.0161. The molecule has 2 unspecified atom stereocenters. The number of nitrogens with two attached hydrogens (primary N) is 1. The standard InChI is InChI=1S/C10H16N2O/c1-4-5-12-8(6-7(2)3)9(11)10(12)13/h4,6,8-9H,1,5,11H2,2-3H3. The van der Waals surface area contributed by atoms with E-state index in [1.807, 2.05) is 19.9 Å². The van der Waals surface area contributed by atoms with E-state index in [-0.39, 0.29) is 18.0 Å². The lowest BCUT2D eigenvalue weighted by molar-refractivity contribution is -0.145. The molecule has 0 spiro atoms. The van der Waals surface area contributed by atoms with E-state index in [1.54, 1.807) is 11.0 Å². The second-order valence-corrected chi connectivity index (χ2v) is 3.54. The van der Waals surface area contributed by atoms with Crippen LogP contribution >= 0.6 is 0 Å². The summed E-state index contributed by atoms with van der Waals surface area (Å²) < 4.78 is 0. The predicted octanol–water partition coefficient (Wildman–Crippen LogP) is 0.677. The smallest absolute Gasteiger partial charge is 0.242 e. The van der Waals surface area contributed by atoms with Crippen LogP contribution in [-0.2, 0) is 4.79 Å². The maximum absolute atomic E-state index is 11.3. The Labute approximate surface area is 78.9 Å². The number of rotatable bonds is 3. The zero-order valence-electron chi connectivity index (χ0n) is 8.16. The molecule has 0 aromatic rings. The molecule has 0 aliphatic carbocycles. The van der Waals surface area contributed by atoms with Crippen molar-refractivity contribution in [3.05, 3.63) is 24.3 Å². The number of amides is 1. The predicted molar refractivity (Wildman–Crippen MR) is 53.1 cm³/mol. The fraction of sp³-hybridized carbons (Fsp3) is 0.500. The Kier molecular flexibility index (Phi) is 2.88. The van der Waals surface area contributed by atoms with Crippen LogP contribution in [-0.4, -0.2) is 29.4 Å². The first-order valence-electron chi connectivity index (χ1n) is 4.40. The number of hydrogen-bond acceptors (Lipinski definition) is 2. The number of allylic oxidation sites excluding steroid dienone is 1. The second kappa shape index (κ2) is 3.75. The molecule has 1 fully saturated rings. The molecule has 1 aliphatic heterocycles. The average molecular weight is 180 g/mol. The highest BCUT2D eigenvalue weighted by molar-refractivity contribution is 5.90. The van der Waals surface area contributed by atoms with Crippen molar-refractivity contribution in [1.29, 1.82) is 0 Å². The molecule has 1 rings (SSSR count). The van der Waals surface area contributed by atoms with Gasteiger partial charge < -0.3 is 10.6 Å². The first kappa shape index (κ1) is 9.99. The van der Waals surface area contributed by atoms with Crippen LogP contribution in [0.5, 0.6) is 0 Å². The highest BCUT2D eigenvalue weighted by atomic mass is 16.2. The molecular weight excluding hydrogens is 164 g/mol. The Morgan fingerprint density at radius 2 is 2.31 bits per heavy atom. The first-order chi connectivity index (χ1) is 6.07. The Balaban J connectivity index is 2.68. The van der Waals surface area contributed by atoms with Gasteiger partial charge in [0.2, 0.25) is 5.91 Å².